The van der Waals surface area contributed by atoms with Gasteiger partial charge in [-0.2, -0.15) is 0 Å². The van der Waals surface area contributed by atoms with Crippen molar-refractivity contribution in [2.75, 3.05) is 0 Å². The molecule has 2 N–H and O–H groups in total. The van der Waals surface area contributed by atoms with Gasteiger partial charge in [-0.15, -0.1) is 0 Å². The number of hydrogen-bond acceptors (Lipinski definition) is 3. The van der Waals surface area contributed by atoms with E-state index in [9.17, 15) is 13.6 Å². The van der Waals surface area contributed by atoms with E-state index in [1.165, 1.54) is 6.07 Å². The van der Waals surface area contributed by atoms with Gasteiger partial charge in [0.25, 0.3) is 5.91 Å². The zero-order valence-electron chi connectivity index (χ0n) is 12.3. The van der Waals surface area contributed by atoms with E-state index in [-0.39, 0.29) is 17.7 Å². The van der Waals surface area contributed by atoms with E-state index < -0.39 is 11.6 Å². The number of halogens is 2. The molecule has 1 aromatic carbocycles. The van der Waals surface area contributed by atoms with Crippen LogP contribution in [0.4, 0.5) is 8.78 Å². The van der Waals surface area contributed by atoms with Crippen LogP contribution in [-0.2, 0) is 0 Å². The van der Waals surface area contributed by atoms with Crippen LogP contribution >= 0.6 is 0 Å². The maximum Gasteiger partial charge on any atom is 0.287 e. The van der Waals surface area contributed by atoms with Gasteiger partial charge >= 0.3 is 0 Å². The molecule has 0 radical (unpaired) electrons. The predicted molar refractivity (Wildman–Crippen MR) is 79.9 cm³/mol. The van der Waals surface area contributed by atoms with Crippen LogP contribution in [0.15, 0.2) is 34.7 Å². The van der Waals surface area contributed by atoms with Crippen molar-refractivity contribution in [3.63, 3.8) is 0 Å². The standard InChI is InChI=1S/C17H16F2N2O2/c18-11-3-1-9(7-12(11)19)15-5-6-16(23-15)17(22)21-14-8-10-2-4-13(14)20-10/h1,3,5-7,10,13-14,20H,2,4,8H2,(H,21,22)/t10-,13+,14-/m1/s1. The van der Waals surface area contributed by atoms with Crippen LogP contribution in [0.3, 0.4) is 0 Å². The van der Waals surface area contributed by atoms with Crippen molar-refractivity contribution in [2.45, 2.75) is 37.4 Å². The van der Waals surface area contributed by atoms with Gasteiger partial charge in [-0.3, -0.25) is 4.79 Å². The van der Waals surface area contributed by atoms with E-state index in [1.54, 1.807) is 12.1 Å². The van der Waals surface area contributed by atoms with E-state index >= 15 is 0 Å². The molecule has 4 rings (SSSR count). The molecular formula is C17H16F2N2O2. The second-order valence-corrected chi connectivity index (χ2v) is 6.16. The lowest BCUT2D eigenvalue weighted by Crippen LogP contribution is -2.42. The molecule has 2 aliphatic rings. The second kappa shape index (κ2) is 5.45. The van der Waals surface area contributed by atoms with Gasteiger partial charge in [0.05, 0.1) is 0 Å². The SMILES string of the molecule is O=C(N[C@@H]1C[C@H]2CC[C@@H]1N2)c1ccc(-c2ccc(F)c(F)c2)o1. The summed E-state index contributed by atoms with van der Waals surface area (Å²) in [6, 6.07) is 7.59. The van der Waals surface area contributed by atoms with Gasteiger partial charge in [-0.05, 0) is 49.6 Å². The molecule has 3 heterocycles. The Morgan fingerprint density at radius 1 is 1.17 bits per heavy atom. The molecule has 2 bridgehead atoms. The topological polar surface area (TPSA) is 54.3 Å². The van der Waals surface area contributed by atoms with Gasteiger partial charge in [0.2, 0.25) is 0 Å². The molecule has 1 aromatic heterocycles. The summed E-state index contributed by atoms with van der Waals surface area (Å²) in [6.45, 7) is 0. The summed E-state index contributed by atoms with van der Waals surface area (Å²) in [5.74, 6) is -1.63. The van der Waals surface area contributed by atoms with Crippen molar-refractivity contribution >= 4 is 5.91 Å². The molecule has 120 valence electrons. The molecular weight excluding hydrogens is 302 g/mol. The Morgan fingerprint density at radius 3 is 2.74 bits per heavy atom. The summed E-state index contributed by atoms with van der Waals surface area (Å²) in [6.07, 6.45) is 3.18. The van der Waals surface area contributed by atoms with Gasteiger partial charge in [0, 0.05) is 23.7 Å². The Bertz CT molecular complexity index is 759. The van der Waals surface area contributed by atoms with Crippen LogP contribution in [0.5, 0.6) is 0 Å². The van der Waals surface area contributed by atoms with Crippen LogP contribution in [0.1, 0.15) is 29.8 Å². The molecule has 2 aliphatic heterocycles. The molecule has 1 amide bonds. The first-order chi connectivity index (χ1) is 11.1. The van der Waals surface area contributed by atoms with Crippen LogP contribution in [0.2, 0.25) is 0 Å². The Labute approximate surface area is 131 Å². The average molecular weight is 318 g/mol. The van der Waals surface area contributed by atoms with Gasteiger partial charge in [0.1, 0.15) is 5.76 Å². The first-order valence-electron chi connectivity index (χ1n) is 7.72. The largest absolute Gasteiger partial charge is 0.451 e. The smallest absolute Gasteiger partial charge is 0.287 e. The van der Waals surface area contributed by atoms with Crippen LogP contribution in [0, 0.1) is 11.6 Å². The van der Waals surface area contributed by atoms with E-state index in [1.807, 2.05) is 0 Å². The number of rotatable bonds is 3. The highest BCUT2D eigenvalue weighted by atomic mass is 19.2. The fourth-order valence-corrected chi connectivity index (χ4v) is 3.49. The lowest BCUT2D eigenvalue weighted by molar-refractivity contribution is 0.0903. The normalized spacial score (nSPS) is 25.7. The maximum atomic E-state index is 13.3. The summed E-state index contributed by atoms with van der Waals surface area (Å²) in [5, 5.41) is 6.44. The third kappa shape index (κ3) is 2.63. The zero-order valence-corrected chi connectivity index (χ0v) is 12.3. The number of benzene rings is 1. The molecule has 4 nitrogen and oxygen atoms in total. The first-order valence-corrected chi connectivity index (χ1v) is 7.72. The number of amides is 1. The summed E-state index contributed by atoms with van der Waals surface area (Å²) in [5.41, 5.74) is 0.393. The van der Waals surface area contributed by atoms with E-state index in [0.29, 0.717) is 23.4 Å². The molecule has 3 atom stereocenters. The van der Waals surface area contributed by atoms with Crippen molar-refractivity contribution in [3.05, 3.63) is 47.7 Å². The van der Waals surface area contributed by atoms with Crippen LogP contribution in [-0.4, -0.2) is 24.0 Å². The van der Waals surface area contributed by atoms with Gasteiger partial charge < -0.3 is 15.1 Å². The quantitative estimate of drug-likeness (QED) is 0.915. The van der Waals surface area contributed by atoms with E-state index in [2.05, 4.69) is 10.6 Å². The molecule has 2 aromatic rings. The predicted octanol–water partition coefficient (Wildman–Crippen LogP) is 2.85. The number of fused-ring (bicyclic) bond motifs is 2. The van der Waals surface area contributed by atoms with Crippen LogP contribution in [0.25, 0.3) is 11.3 Å². The molecule has 6 heteroatoms. The fraction of sp³-hybridized carbons (Fsp3) is 0.353. The minimum Gasteiger partial charge on any atom is -0.451 e. The monoisotopic (exact) mass is 318 g/mol. The van der Waals surface area contributed by atoms with Crippen molar-refractivity contribution in [2.24, 2.45) is 0 Å². The molecule has 0 aliphatic carbocycles. The average Bonchev–Trinajstić information content (AvgIpc) is 3.25. The molecule has 2 saturated heterocycles. The number of carbonyl (C=O) groups is 1. The maximum absolute atomic E-state index is 13.3. The number of carbonyl (C=O) groups excluding carboxylic acids is 1. The minimum absolute atomic E-state index is 0.123. The van der Waals surface area contributed by atoms with Crippen molar-refractivity contribution in [3.8, 4) is 11.3 Å². The van der Waals surface area contributed by atoms with Crippen LogP contribution < -0.4 is 10.6 Å². The number of nitrogens with one attached hydrogen (secondary N) is 2. The van der Waals surface area contributed by atoms with Crippen molar-refractivity contribution in [1.82, 2.24) is 10.6 Å². The molecule has 0 saturated carbocycles. The Balaban J connectivity index is 1.48. The van der Waals surface area contributed by atoms with Gasteiger partial charge in [-0.25, -0.2) is 8.78 Å². The van der Waals surface area contributed by atoms with Crippen molar-refractivity contribution in [1.29, 1.82) is 0 Å². The highest BCUT2D eigenvalue weighted by Gasteiger charge is 2.39. The fourth-order valence-electron chi connectivity index (χ4n) is 3.49. The second-order valence-electron chi connectivity index (χ2n) is 6.16. The van der Waals surface area contributed by atoms with Gasteiger partial charge in [-0.1, -0.05) is 0 Å². The Hall–Kier alpha value is -2.21. The lowest BCUT2D eigenvalue weighted by Gasteiger charge is -2.20. The minimum atomic E-state index is -0.946. The van der Waals surface area contributed by atoms with Gasteiger partial charge in [0.15, 0.2) is 17.4 Å². The lowest BCUT2D eigenvalue weighted by atomic mass is 9.95. The summed E-state index contributed by atoms with van der Waals surface area (Å²) in [7, 11) is 0. The Kier molecular flexibility index (Phi) is 3.41. The Morgan fingerprint density at radius 2 is 2.04 bits per heavy atom. The first kappa shape index (κ1) is 14.4. The number of hydrogen-bond donors (Lipinski definition) is 2. The molecule has 0 unspecified atom stereocenters. The highest BCUT2D eigenvalue weighted by molar-refractivity contribution is 5.92. The van der Waals surface area contributed by atoms with E-state index in [4.69, 9.17) is 4.42 Å². The van der Waals surface area contributed by atoms with E-state index in [0.717, 1.165) is 31.4 Å². The molecule has 2 fully saturated rings. The highest BCUT2D eigenvalue weighted by Crippen LogP contribution is 2.29. The third-order valence-corrected chi connectivity index (χ3v) is 4.65. The van der Waals surface area contributed by atoms with Crippen molar-refractivity contribution < 1.29 is 18.0 Å². The zero-order chi connectivity index (χ0) is 16.0. The number of furan rings is 1. The molecule has 0 spiro atoms. The summed E-state index contributed by atoms with van der Waals surface area (Å²) in [4.78, 5) is 12.3. The third-order valence-electron chi connectivity index (χ3n) is 4.65. The molecule has 23 heavy (non-hydrogen) atoms. The summed E-state index contributed by atoms with van der Waals surface area (Å²) < 4.78 is 31.8. The summed E-state index contributed by atoms with van der Waals surface area (Å²) >= 11 is 0.